The average molecular weight is 346 g/mol. The summed E-state index contributed by atoms with van der Waals surface area (Å²) in [6, 6.07) is 4.78. The minimum absolute atomic E-state index is 0.201. The summed E-state index contributed by atoms with van der Waals surface area (Å²) < 4.78 is 25.1. The van der Waals surface area contributed by atoms with Crippen molar-refractivity contribution in [2.24, 2.45) is 0 Å². The molecular weight excluding hydrogens is 327 g/mol. The molecule has 7 nitrogen and oxygen atoms in total. The lowest BCUT2D eigenvalue weighted by molar-refractivity contribution is 0.239. The molecule has 0 saturated heterocycles. The van der Waals surface area contributed by atoms with Crippen molar-refractivity contribution in [1.82, 2.24) is 19.8 Å². The Morgan fingerprint density at radius 3 is 2.80 bits per heavy atom. The molecule has 0 fully saturated rings. The van der Waals surface area contributed by atoms with E-state index < -0.39 is 5.82 Å². The number of aryl methyl sites for hydroxylation is 2. The topological polar surface area (TPSA) is 73.4 Å². The molecule has 2 aromatic heterocycles. The van der Waals surface area contributed by atoms with Crippen molar-refractivity contribution in [2.45, 2.75) is 27.1 Å². The van der Waals surface area contributed by atoms with E-state index in [1.807, 2.05) is 11.9 Å². The summed E-state index contributed by atoms with van der Waals surface area (Å²) in [6.45, 7) is 4.25. The standard InChI is InChI=1S/C17H19FN4O3/c1-10-15-11(2)25-20-16(15)17(23)22(19-10)9-21(3)8-12-5-6-14(24-4)13(18)7-12/h5-7H,8-9H2,1-4H3. The van der Waals surface area contributed by atoms with E-state index in [1.165, 1.54) is 17.9 Å². The van der Waals surface area contributed by atoms with Crippen molar-refractivity contribution in [3.63, 3.8) is 0 Å². The van der Waals surface area contributed by atoms with Crippen LogP contribution in [0.15, 0.2) is 27.5 Å². The molecule has 0 atom stereocenters. The smallest absolute Gasteiger partial charge is 0.298 e. The van der Waals surface area contributed by atoms with Crippen LogP contribution >= 0.6 is 0 Å². The van der Waals surface area contributed by atoms with E-state index in [2.05, 4.69) is 10.3 Å². The fraction of sp³-hybridized carbons (Fsp3) is 0.353. The molecule has 0 saturated carbocycles. The molecular formula is C17H19FN4O3. The van der Waals surface area contributed by atoms with E-state index in [1.54, 1.807) is 26.0 Å². The van der Waals surface area contributed by atoms with Crippen LogP contribution in [0.5, 0.6) is 5.75 Å². The second-order valence-electron chi connectivity index (χ2n) is 5.98. The Morgan fingerprint density at radius 2 is 2.12 bits per heavy atom. The predicted octanol–water partition coefficient (Wildman–Crippen LogP) is 2.24. The maximum Gasteiger partial charge on any atom is 0.298 e. The van der Waals surface area contributed by atoms with Gasteiger partial charge in [0.2, 0.25) is 0 Å². The molecule has 0 aliphatic carbocycles. The maximum atomic E-state index is 13.8. The number of fused-ring (bicyclic) bond motifs is 1. The number of ether oxygens (including phenoxy) is 1. The Balaban J connectivity index is 1.82. The number of hydrogen-bond acceptors (Lipinski definition) is 6. The van der Waals surface area contributed by atoms with Gasteiger partial charge in [-0.15, -0.1) is 0 Å². The quantitative estimate of drug-likeness (QED) is 0.705. The van der Waals surface area contributed by atoms with Crippen molar-refractivity contribution >= 4 is 10.9 Å². The van der Waals surface area contributed by atoms with Crippen LogP contribution in [0.25, 0.3) is 10.9 Å². The first kappa shape index (κ1) is 17.1. The van der Waals surface area contributed by atoms with Crippen LogP contribution in [0.4, 0.5) is 4.39 Å². The highest BCUT2D eigenvalue weighted by Crippen LogP contribution is 2.19. The molecule has 2 heterocycles. The van der Waals surface area contributed by atoms with Gasteiger partial charge in [-0.1, -0.05) is 11.2 Å². The summed E-state index contributed by atoms with van der Waals surface area (Å²) in [4.78, 5) is 14.3. The van der Waals surface area contributed by atoms with Crippen molar-refractivity contribution in [3.8, 4) is 5.75 Å². The molecule has 8 heteroatoms. The molecule has 3 aromatic rings. The second kappa shape index (κ2) is 6.64. The van der Waals surface area contributed by atoms with Gasteiger partial charge in [0.15, 0.2) is 17.1 Å². The Bertz CT molecular complexity index is 980. The summed E-state index contributed by atoms with van der Waals surface area (Å²) in [5.41, 5.74) is 1.40. The number of aromatic nitrogens is 3. The lowest BCUT2D eigenvalue weighted by Crippen LogP contribution is -2.32. The van der Waals surface area contributed by atoms with Gasteiger partial charge in [0.25, 0.3) is 5.56 Å². The van der Waals surface area contributed by atoms with Gasteiger partial charge >= 0.3 is 0 Å². The molecule has 25 heavy (non-hydrogen) atoms. The number of methoxy groups -OCH3 is 1. The van der Waals surface area contributed by atoms with Gasteiger partial charge in [-0.2, -0.15) is 5.10 Å². The van der Waals surface area contributed by atoms with Gasteiger partial charge in [-0.25, -0.2) is 9.07 Å². The Morgan fingerprint density at radius 1 is 1.36 bits per heavy atom. The van der Waals surface area contributed by atoms with Crippen LogP contribution < -0.4 is 10.3 Å². The first-order valence-corrected chi connectivity index (χ1v) is 7.75. The highest BCUT2D eigenvalue weighted by atomic mass is 19.1. The summed E-state index contributed by atoms with van der Waals surface area (Å²) in [5.74, 6) is 0.358. The molecule has 0 amide bonds. The van der Waals surface area contributed by atoms with Gasteiger partial charge in [0.05, 0.1) is 24.9 Å². The van der Waals surface area contributed by atoms with Gasteiger partial charge in [-0.3, -0.25) is 9.69 Å². The van der Waals surface area contributed by atoms with E-state index in [4.69, 9.17) is 9.26 Å². The van der Waals surface area contributed by atoms with Gasteiger partial charge in [0, 0.05) is 6.54 Å². The van der Waals surface area contributed by atoms with Crippen molar-refractivity contribution in [3.05, 3.63) is 51.4 Å². The normalized spacial score (nSPS) is 11.4. The lowest BCUT2D eigenvalue weighted by Gasteiger charge is -2.18. The van der Waals surface area contributed by atoms with Crippen LogP contribution in [-0.4, -0.2) is 34.0 Å². The molecule has 0 N–H and O–H groups in total. The highest BCUT2D eigenvalue weighted by Gasteiger charge is 2.16. The summed E-state index contributed by atoms with van der Waals surface area (Å²) in [5, 5.41) is 8.81. The fourth-order valence-corrected chi connectivity index (χ4v) is 2.84. The number of rotatable bonds is 5. The minimum Gasteiger partial charge on any atom is -0.494 e. The third-order valence-electron chi connectivity index (χ3n) is 3.98. The third-order valence-corrected chi connectivity index (χ3v) is 3.98. The van der Waals surface area contributed by atoms with Crippen molar-refractivity contribution in [1.29, 1.82) is 0 Å². The van der Waals surface area contributed by atoms with Crippen LogP contribution in [0.3, 0.4) is 0 Å². The third kappa shape index (κ3) is 3.25. The first-order valence-electron chi connectivity index (χ1n) is 7.75. The van der Waals surface area contributed by atoms with E-state index in [9.17, 15) is 9.18 Å². The van der Waals surface area contributed by atoms with E-state index in [-0.39, 0.29) is 23.5 Å². The van der Waals surface area contributed by atoms with Crippen molar-refractivity contribution < 1.29 is 13.7 Å². The minimum atomic E-state index is -0.418. The average Bonchev–Trinajstić information content (AvgIpc) is 2.95. The van der Waals surface area contributed by atoms with Crippen LogP contribution in [0, 0.1) is 19.7 Å². The Labute approximate surface area is 143 Å². The van der Waals surface area contributed by atoms with Gasteiger partial charge in [0.1, 0.15) is 5.76 Å². The zero-order chi connectivity index (χ0) is 18.1. The summed E-state index contributed by atoms with van der Waals surface area (Å²) in [7, 11) is 3.25. The fourth-order valence-electron chi connectivity index (χ4n) is 2.84. The molecule has 3 rings (SSSR count). The maximum absolute atomic E-state index is 13.8. The molecule has 0 aliphatic rings. The SMILES string of the molecule is COc1ccc(CN(C)Cn2nc(C)c3c(C)onc3c2=O)cc1F. The van der Waals surface area contributed by atoms with E-state index in [0.717, 1.165) is 5.56 Å². The molecule has 0 aliphatic heterocycles. The van der Waals surface area contributed by atoms with Gasteiger partial charge in [-0.05, 0) is 38.6 Å². The molecule has 0 bridgehead atoms. The van der Waals surface area contributed by atoms with Crippen LogP contribution in [0.1, 0.15) is 17.0 Å². The van der Waals surface area contributed by atoms with E-state index in [0.29, 0.717) is 23.4 Å². The zero-order valence-electron chi connectivity index (χ0n) is 14.5. The summed E-state index contributed by atoms with van der Waals surface area (Å²) >= 11 is 0. The Kier molecular flexibility index (Phi) is 4.54. The first-order chi connectivity index (χ1) is 11.9. The van der Waals surface area contributed by atoms with E-state index >= 15 is 0 Å². The monoisotopic (exact) mass is 346 g/mol. The van der Waals surface area contributed by atoms with Gasteiger partial charge < -0.3 is 9.26 Å². The predicted molar refractivity (Wildman–Crippen MR) is 90.0 cm³/mol. The molecule has 1 aromatic carbocycles. The van der Waals surface area contributed by atoms with Crippen LogP contribution in [0.2, 0.25) is 0 Å². The number of benzene rings is 1. The molecule has 0 spiro atoms. The number of hydrogen-bond donors (Lipinski definition) is 0. The number of nitrogens with zero attached hydrogens (tertiary/aromatic N) is 4. The highest BCUT2D eigenvalue weighted by molar-refractivity contribution is 5.81. The largest absolute Gasteiger partial charge is 0.494 e. The van der Waals surface area contributed by atoms with Crippen LogP contribution in [-0.2, 0) is 13.2 Å². The Hall–Kier alpha value is -2.74. The number of halogens is 1. The molecule has 132 valence electrons. The zero-order valence-corrected chi connectivity index (χ0v) is 14.5. The molecule has 0 unspecified atom stereocenters. The second-order valence-corrected chi connectivity index (χ2v) is 5.98. The van der Waals surface area contributed by atoms with Crippen molar-refractivity contribution in [2.75, 3.05) is 14.2 Å². The summed E-state index contributed by atoms with van der Waals surface area (Å²) in [6.07, 6.45) is 0. The lowest BCUT2D eigenvalue weighted by atomic mass is 10.2. The molecule has 0 radical (unpaired) electrons.